The Balaban J connectivity index is 1.27. The van der Waals surface area contributed by atoms with Crippen LogP contribution in [0.15, 0.2) is 52.9 Å². The number of nitrogens with zero attached hydrogens (tertiary/aromatic N) is 3. The first-order chi connectivity index (χ1) is 15.8. The van der Waals surface area contributed by atoms with E-state index in [2.05, 4.69) is 43.1 Å². The van der Waals surface area contributed by atoms with Crippen LogP contribution in [0.5, 0.6) is 5.75 Å². The molecule has 174 valence electrons. The molecular formula is C26H30ClN3O3. The van der Waals surface area contributed by atoms with Crippen LogP contribution in [0.2, 0.25) is 5.02 Å². The number of ether oxygens (including phenoxy) is 1. The van der Waals surface area contributed by atoms with Crippen LogP contribution >= 0.6 is 11.6 Å². The molecular weight excluding hydrogens is 438 g/mol. The molecule has 7 heteroatoms. The first kappa shape index (κ1) is 23.3. The molecule has 0 radical (unpaired) electrons. The van der Waals surface area contributed by atoms with Gasteiger partial charge >= 0.3 is 0 Å². The van der Waals surface area contributed by atoms with Gasteiger partial charge in [0, 0.05) is 23.0 Å². The molecule has 1 aromatic heterocycles. The lowest BCUT2D eigenvalue weighted by molar-refractivity contribution is -0.133. The van der Waals surface area contributed by atoms with Gasteiger partial charge in [0.2, 0.25) is 17.7 Å². The number of rotatable bonds is 9. The van der Waals surface area contributed by atoms with Gasteiger partial charge in [0.1, 0.15) is 5.75 Å². The fourth-order valence-corrected chi connectivity index (χ4v) is 3.71. The third kappa shape index (κ3) is 6.35. The highest BCUT2D eigenvalue weighted by Gasteiger charge is 2.33. The van der Waals surface area contributed by atoms with Gasteiger partial charge in [-0.05, 0) is 66.6 Å². The molecule has 1 amide bonds. The Morgan fingerprint density at radius 3 is 2.42 bits per heavy atom. The number of hydrogen-bond acceptors (Lipinski definition) is 5. The highest BCUT2D eigenvalue weighted by Crippen LogP contribution is 2.30. The van der Waals surface area contributed by atoms with Crippen LogP contribution in [0.1, 0.15) is 57.9 Å². The third-order valence-electron chi connectivity index (χ3n) is 5.70. The molecule has 0 N–H and O–H groups in total. The van der Waals surface area contributed by atoms with Crippen molar-refractivity contribution >= 4 is 17.5 Å². The first-order valence-electron chi connectivity index (χ1n) is 11.4. The van der Waals surface area contributed by atoms with Gasteiger partial charge in [-0.15, -0.1) is 10.2 Å². The lowest BCUT2D eigenvalue weighted by atomic mass is 9.87. The van der Waals surface area contributed by atoms with Crippen LogP contribution in [0.25, 0.3) is 11.5 Å². The summed E-state index contributed by atoms with van der Waals surface area (Å²) >= 11 is 5.94. The SMILES string of the molecule is CC(C)(C)c1ccc(OCCCC(=O)N(Cc2nnc(-c3ccc(Cl)cc3)o2)C2CC2)cc1. The fraction of sp³-hybridized carbons (Fsp3) is 0.423. The second kappa shape index (κ2) is 9.96. The number of halogens is 1. The maximum atomic E-state index is 12.9. The molecule has 33 heavy (non-hydrogen) atoms. The van der Waals surface area contributed by atoms with Crippen LogP contribution in [0, 0.1) is 0 Å². The van der Waals surface area contributed by atoms with Gasteiger partial charge in [0.05, 0.1) is 13.2 Å². The third-order valence-corrected chi connectivity index (χ3v) is 5.95. The van der Waals surface area contributed by atoms with E-state index in [9.17, 15) is 4.79 Å². The molecule has 4 rings (SSSR count). The molecule has 1 aliphatic carbocycles. The highest BCUT2D eigenvalue weighted by atomic mass is 35.5. The van der Waals surface area contributed by atoms with E-state index in [4.69, 9.17) is 20.8 Å². The van der Waals surface area contributed by atoms with Crippen LogP contribution in [0.4, 0.5) is 0 Å². The molecule has 0 spiro atoms. The van der Waals surface area contributed by atoms with E-state index in [1.807, 2.05) is 29.2 Å². The Hall–Kier alpha value is -2.86. The van der Waals surface area contributed by atoms with Gasteiger partial charge in [0.15, 0.2) is 0 Å². The largest absolute Gasteiger partial charge is 0.494 e. The van der Waals surface area contributed by atoms with E-state index < -0.39 is 0 Å². The van der Waals surface area contributed by atoms with E-state index in [0.717, 1.165) is 24.2 Å². The summed E-state index contributed by atoms with van der Waals surface area (Å²) in [5.41, 5.74) is 2.19. The van der Waals surface area contributed by atoms with E-state index >= 15 is 0 Å². The summed E-state index contributed by atoms with van der Waals surface area (Å²) in [5, 5.41) is 8.91. The molecule has 2 aromatic carbocycles. The van der Waals surface area contributed by atoms with Crippen molar-refractivity contribution < 1.29 is 13.9 Å². The normalized spacial score (nSPS) is 13.7. The minimum atomic E-state index is 0.0930. The first-order valence-corrected chi connectivity index (χ1v) is 11.8. The van der Waals surface area contributed by atoms with Crippen molar-refractivity contribution in [1.29, 1.82) is 0 Å². The molecule has 1 heterocycles. The average Bonchev–Trinajstić information content (AvgIpc) is 3.52. The number of carbonyl (C=O) groups excluding carboxylic acids is 1. The lowest BCUT2D eigenvalue weighted by Crippen LogP contribution is -2.32. The minimum absolute atomic E-state index is 0.0930. The summed E-state index contributed by atoms with van der Waals surface area (Å²) in [5.74, 6) is 1.79. The van der Waals surface area contributed by atoms with Crippen LogP contribution in [0.3, 0.4) is 0 Å². The van der Waals surface area contributed by atoms with E-state index in [-0.39, 0.29) is 17.4 Å². The quantitative estimate of drug-likeness (QED) is 0.359. The molecule has 0 unspecified atom stereocenters. The van der Waals surface area contributed by atoms with Gasteiger partial charge in [-0.25, -0.2) is 0 Å². The van der Waals surface area contributed by atoms with Crippen LogP contribution in [-0.4, -0.2) is 33.7 Å². The number of benzene rings is 2. The maximum absolute atomic E-state index is 12.9. The predicted octanol–water partition coefficient (Wildman–Crippen LogP) is 6.04. The standard InChI is InChI=1S/C26H30ClN3O3/c1-26(2,3)19-8-14-22(15-9-19)32-16-4-5-24(31)30(21-12-13-21)17-23-28-29-25(33-23)18-6-10-20(27)11-7-18/h6-11,14-15,21H,4-5,12-13,16-17H2,1-3H3. The van der Waals surface area contributed by atoms with Gasteiger partial charge in [0.25, 0.3) is 0 Å². The number of amides is 1. The average molecular weight is 468 g/mol. The summed E-state index contributed by atoms with van der Waals surface area (Å²) in [4.78, 5) is 14.7. The van der Waals surface area contributed by atoms with Gasteiger partial charge in [-0.2, -0.15) is 0 Å². The van der Waals surface area contributed by atoms with Crippen LogP contribution < -0.4 is 4.74 Å². The minimum Gasteiger partial charge on any atom is -0.494 e. The zero-order chi connectivity index (χ0) is 23.4. The highest BCUT2D eigenvalue weighted by molar-refractivity contribution is 6.30. The Morgan fingerprint density at radius 2 is 1.79 bits per heavy atom. The van der Waals surface area contributed by atoms with Crippen molar-refractivity contribution in [3.05, 3.63) is 65.0 Å². The van der Waals surface area contributed by atoms with Gasteiger partial charge in [-0.3, -0.25) is 4.79 Å². The molecule has 6 nitrogen and oxygen atoms in total. The molecule has 0 aliphatic heterocycles. The van der Waals surface area contributed by atoms with Gasteiger partial charge < -0.3 is 14.1 Å². The monoisotopic (exact) mass is 467 g/mol. The van der Waals surface area contributed by atoms with Crippen molar-refractivity contribution in [2.24, 2.45) is 0 Å². The van der Waals surface area contributed by atoms with Crippen molar-refractivity contribution in [3.63, 3.8) is 0 Å². The molecule has 1 fully saturated rings. The molecule has 1 aliphatic rings. The molecule has 1 saturated carbocycles. The topological polar surface area (TPSA) is 68.5 Å². The smallest absolute Gasteiger partial charge is 0.247 e. The zero-order valence-electron chi connectivity index (χ0n) is 19.4. The summed E-state index contributed by atoms with van der Waals surface area (Å²) in [6.45, 7) is 7.40. The summed E-state index contributed by atoms with van der Waals surface area (Å²) in [6, 6.07) is 15.7. The van der Waals surface area contributed by atoms with Gasteiger partial charge in [-0.1, -0.05) is 44.5 Å². The van der Waals surface area contributed by atoms with E-state index in [0.29, 0.717) is 42.8 Å². The second-order valence-corrected chi connectivity index (χ2v) is 9.92. The van der Waals surface area contributed by atoms with Crippen molar-refractivity contribution in [1.82, 2.24) is 15.1 Å². The molecule has 0 saturated heterocycles. The Kier molecular flexibility index (Phi) is 7.03. The molecule has 0 atom stereocenters. The van der Waals surface area contributed by atoms with Crippen molar-refractivity contribution in [2.75, 3.05) is 6.61 Å². The Morgan fingerprint density at radius 1 is 1.09 bits per heavy atom. The van der Waals surface area contributed by atoms with E-state index in [1.54, 1.807) is 12.1 Å². The zero-order valence-corrected chi connectivity index (χ0v) is 20.1. The Bertz CT molecular complexity index is 1070. The van der Waals surface area contributed by atoms with E-state index in [1.165, 1.54) is 5.56 Å². The number of hydrogen-bond donors (Lipinski definition) is 0. The number of aromatic nitrogens is 2. The summed E-state index contributed by atoms with van der Waals surface area (Å²) in [6.07, 6.45) is 3.11. The predicted molar refractivity (Wildman–Crippen MR) is 128 cm³/mol. The Labute approximate surface area is 199 Å². The molecule has 3 aromatic rings. The summed E-state index contributed by atoms with van der Waals surface area (Å²) in [7, 11) is 0. The summed E-state index contributed by atoms with van der Waals surface area (Å²) < 4.78 is 11.6. The van der Waals surface area contributed by atoms with Crippen LogP contribution in [-0.2, 0) is 16.8 Å². The van der Waals surface area contributed by atoms with Crippen molar-refractivity contribution in [3.8, 4) is 17.2 Å². The lowest BCUT2D eigenvalue weighted by Gasteiger charge is -2.21. The number of carbonyl (C=O) groups is 1. The second-order valence-electron chi connectivity index (χ2n) is 9.49. The maximum Gasteiger partial charge on any atom is 0.247 e. The fourth-order valence-electron chi connectivity index (χ4n) is 3.59. The van der Waals surface area contributed by atoms with Crippen molar-refractivity contribution in [2.45, 2.75) is 64.5 Å². The molecule has 0 bridgehead atoms.